The normalized spacial score (nSPS) is 17.2. The molecular weight excluding hydrogens is 230 g/mol. The molecule has 2 heterocycles. The summed E-state index contributed by atoms with van der Waals surface area (Å²) in [5, 5.41) is 4.11. The van der Waals surface area contributed by atoms with Crippen molar-refractivity contribution in [2.24, 2.45) is 0 Å². The average molecular weight is 251 g/mol. The van der Waals surface area contributed by atoms with E-state index in [0.29, 0.717) is 0 Å². The van der Waals surface area contributed by atoms with Crippen LogP contribution in [0, 0.1) is 0 Å². The molecule has 2 rings (SSSR count). The third-order valence-electron chi connectivity index (χ3n) is 3.14. The van der Waals surface area contributed by atoms with Gasteiger partial charge in [0.25, 0.3) is 0 Å². The van der Waals surface area contributed by atoms with Gasteiger partial charge in [0.15, 0.2) is 5.13 Å². The fraction of sp³-hybridized carbons (Fsp3) is 0.615. The van der Waals surface area contributed by atoms with Crippen LogP contribution in [0.1, 0.15) is 31.1 Å². The fourth-order valence-corrected chi connectivity index (χ4v) is 3.02. The summed E-state index contributed by atoms with van der Waals surface area (Å²) >= 11 is 1.76. The van der Waals surface area contributed by atoms with Gasteiger partial charge in [-0.05, 0) is 19.3 Å². The molecule has 0 radical (unpaired) electrons. The van der Waals surface area contributed by atoms with E-state index >= 15 is 0 Å². The first-order chi connectivity index (χ1) is 8.31. The van der Waals surface area contributed by atoms with E-state index in [4.69, 9.17) is 0 Å². The number of rotatable bonds is 4. The summed E-state index contributed by atoms with van der Waals surface area (Å²) in [6, 6.07) is 0. The van der Waals surface area contributed by atoms with Crippen LogP contribution >= 0.6 is 11.3 Å². The first kappa shape index (κ1) is 12.6. The molecule has 0 aromatic carbocycles. The van der Waals surface area contributed by atoms with Gasteiger partial charge in [-0.25, -0.2) is 4.98 Å². The third-order valence-corrected chi connectivity index (χ3v) is 4.14. The monoisotopic (exact) mass is 251 g/mol. The van der Waals surface area contributed by atoms with Crippen LogP contribution in [0.2, 0.25) is 0 Å². The van der Waals surface area contributed by atoms with Gasteiger partial charge < -0.3 is 5.32 Å². The molecule has 1 aliphatic heterocycles. The minimum Gasteiger partial charge on any atom is -0.365 e. The number of allylic oxidation sites excluding steroid dienone is 1. The lowest BCUT2D eigenvalue weighted by atomic mass is 10.0. The number of piperidine rings is 1. The predicted molar refractivity (Wildman–Crippen MR) is 74.5 cm³/mol. The van der Waals surface area contributed by atoms with Gasteiger partial charge in [-0.1, -0.05) is 18.6 Å². The van der Waals surface area contributed by atoms with Crippen molar-refractivity contribution in [2.45, 2.75) is 32.7 Å². The van der Waals surface area contributed by atoms with Gasteiger partial charge in [0.2, 0.25) is 0 Å². The summed E-state index contributed by atoms with van der Waals surface area (Å²) in [5.41, 5.74) is 1.64. The van der Waals surface area contributed by atoms with Crippen molar-refractivity contribution in [1.82, 2.24) is 9.88 Å². The van der Waals surface area contributed by atoms with Crippen LogP contribution in [-0.2, 0) is 6.54 Å². The van der Waals surface area contributed by atoms with Crippen LogP contribution in [-0.4, -0.2) is 30.0 Å². The third kappa shape index (κ3) is 3.54. The molecule has 1 fully saturated rings. The second kappa shape index (κ2) is 6.17. The Morgan fingerprint density at radius 3 is 2.82 bits per heavy atom. The van der Waals surface area contributed by atoms with Gasteiger partial charge in [0, 0.05) is 37.8 Å². The molecule has 1 aromatic rings. The van der Waals surface area contributed by atoms with Crippen LogP contribution in [0.4, 0.5) is 5.13 Å². The lowest BCUT2D eigenvalue weighted by molar-refractivity contribution is 0.250. The smallest absolute Gasteiger partial charge is 0.182 e. The fourth-order valence-electron chi connectivity index (χ4n) is 2.21. The molecule has 1 N–H and O–H groups in total. The summed E-state index contributed by atoms with van der Waals surface area (Å²) in [7, 11) is 1.92. The molecule has 1 aromatic heterocycles. The lowest BCUT2D eigenvalue weighted by Gasteiger charge is -2.27. The van der Waals surface area contributed by atoms with Crippen molar-refractivity contribution in [1.29, 1.82) is 0 Å². The van der Waals surface area contributed by atoms with Crippen LogP contribution in [0.5, 0.6) is 0 Å². The average Bonchev–Trinajstić information content (AvgIpc) is 2.80. The van der Waals surface area contributed by atoms with Gasteiger partial charge in [-0.15, -0.1) is 11.3 Å². The van der Waals surface area contributed by atoms with Crippen molar-refractivity contribution >= 4 is 16.5 Å². The summed E-state index contributed by atoms with van der Waals surface area (Å²) < 4.78 is 0. The molecule has 0 atom stereocenters. The molecule has 0 bridgehead atoms. The van der Waals surface area contributed by atoms with E-state index in [1.807, 2.05) is 13.2 Å². The molecule has 0 aliphatic carbocycles. The molecule has 1 saturated heterocycles. The van der Waals surface area contributed by atoms with Gasteiger partial charge in [-0.2, -0.15) is 0 Å². The zero-order chi connectivity index (χ0) is 12.1. The van der Waals surface area contributed by atoms with Crippen molar-refractivity contribution in [2.75, 3.05) is 25.5 Å². The highest BCUT2D eigenvalue weighted by molar-refractivity contribution is 7.15. The number of aromatic nitrogens is 1. The number of thiazole rings is 1. The van der Waals surface area contributed by atoms with E-state index in [1.165, 1.54) is 37.2 Å². The zero-order valence-corrected chi connectivity index (χ0v) is 11.5. The largest absolute Gasteiger partial charge is 0.365 e. The highest BCUT2D eigenvalue weighted by Gasteiger charge is 2.14. The van der Waals surface area contributed by atoms with Crippen molar-refractivity contribution in [3.05, 3.63) is 22.7 Å². The Hall–Kier alpha value is -0.870. The van der Waals surface area contributed by atoms with Crippen molar-refractivity contribution in [3.63, 3.8) is 0 Å². The predicted octanol–water partition coefficient (Wildman–Crippen LogP) is 3.12. The summed E-state index contributed by atoms with van der Waals surface area (Å²) in [6.07, 6.45) is 8.05. The first-order valence-corrected chi connectivity index (χ1v) is 7.16. The molecule has 0 unspecified atom stereocenters. The topological polar surface area (TPSA) is 28.2 Å². The molecular formula is C13H21N3S. The second-order valence-electron chi connectivity index (χ2n) is 4.43. The van der Waals surface area contributed by atoms with Crippen LogP contribution in [0.25, 0.3) is 0 Å². The molecule has 0 amide bonds. The maximum Gasteiger partial charge on any atom is 0.182 e. The SMILES string of the molecule is CCC=C1CCN(Cc2cnc(NC)s2)CC1. The van der Waals surface area contributed by atoms with Crippen LogP contribution in [0.15, 0.2) is 17.8 Å². The highest BCUT2D eigenvalue weighted by atomic mass is 32.1. The Balaban J connectivity index is 1.83. The van der Waals surface area contributed by atoms with Crippen molar-refractivity contribution < 1.29 is 0 Å². The Morgan fingerprint density at radius 1 is 1.47 bits per heavy atom. The molecule has 0 spiro atoms. The lowest BCUT2D eigenvalue weighted by Crippen LogP contribution is -2.29. The summed E-state index contributed by atoms with van der Waals surface area (Å²) in [4.78, 5) is 8.20. The van der Waals surface area contributed by atoms with Crippen LogP contribution < -0.4 is 5.32 Å². The van der Waals surface area contributed by atoms with Crippen molar-refractivity contribution in [3.8, 4) is 0 Å². The standard InChI is InChI=1S/C13H21N3S/c1-3-4-11-5-7-16(8-6-11)10-12-9-15-13(14-2)17-12/h4,9H,3,5-8,10H2,1-2H3,(H,14,15). The maximum atomic E-state index is 4.31. The molecule has 3 nitrogen and oxygen atoms in total. The Kier molecular flexibility index (Phi) is 4.57. The quantitative estimate of drug-likeness (QED) is 0.833. The number of nitrogens with one attached hydrogen (secondary N) is 1. The minimum absolute atomic E-state index is 1.02. The Bertz CT molecular complexity index is 374. The highest BCUT2D eigenvalue weighted by Crippen LogP contribution is 2.22. The number of hydrogen-bond acceptors (Lipinski definition) is 4. The number of nitrogens with zero attached hydrogens (tertiary/aromatic N) is 2. The Morgan fingerprint density at radius 2 is 2.24 bits per heavy atom. The number of likely N-dealkylation sites (tertiary alicyclic amines) is 1. The maximum absolute atomic E-state index is 4.31. The van der Waals surface area contributed by atoms with E-state index in [9.17, 15) is 0 Å². The molecule has 94 valence electrons. The molecule has 1 aliphatic rings. The zero-order valence-electron chi connectivity index (χ0n) is 10.7. The van der Waals surface area contributed by atoms with Gasteiger partial charge in [-0.3, -0.25) is 4.90 Å². The van der Waals surface area contributed by atoms with Gasteiger partial charge in [0.1, 0.15) is 0 Å². The first-order valence-electron chi connectivity index (χ1n) is 6.34. The van der Waals surface area contributed by atoms with E-state index < -0.39 is 0 Å². The Labute approximate surface area is 108 Å². The van der Waals surface area contributed by atoms with E-state index in [-0.39, 0.29) is 0 Å². The summed E-state index contributed by atoms with van der Waals surface area (Å²) in [6.45, 7) is 5.66. The van der Waals surface area contributed by atoms with Gasteiger partial charge in [0.05, 0.1) is 0 Å². The van der Waals surface area contributed by atoms with Crippen LogP contribution in [0.3, 0.4) is 0 Å². The number of anilines is 1. The second-order valence-corrected chi connectivity index (χ2v) is 5.54. The van der Waals surface area contributed by atoms with Gasteiger partial charge >= 0.3 is 0 Å². The number of hydrogen-bond donors (Lipinski definition) is 1. The van der Waals surface area contributed by atoms with E-state index in [2.05, 4.69) is 28.2 Å². The molecule has 0 saturated carbocycles. The van der Waals surface area contributed by atoms with E-state index in [1.54, 1.807) is 16.9 Å². The molecule has 17 heavy (non-hydrogen) atoms. The minimum atomic E-state index is 1.02. The summed E-state index contributed by atoms with van der Waals surface area (Å²) in [5.74, 6) is 0. The molecule has 4 heteroatoms. The van der Waals surface area contributed by atoms with E-state index in [0.717, 1.165) is 11.7 Å².